The van der Waals surface area contributed by atoms with Gasteiger partial charge in [0.15, 0.2) is 0 Å². The van der Waals surface area contributed by atoms with Crippen LogP contribution in [-0.2, 0) is 4.79 Å². The fourth-order valence-corrected chi connectivity index (χ4v) is 2.55. The van der Waals surface area contributed by atoms with Crippen LogP contribution in [0, 0.1) is 5.92 Å². The Balaban J connectivity index is 1.98. The standard InChI is InChI=1S/C15H18ClN3O2S/c1-9(2)8-17-13(20)10(3)22-15-19-18-14(21-15)11-5-4-6-12(16)7-11/h4-7,9-10H,8H2,1-3H3,(H,17,20)/t10-/m0/s1. The first-order valence-electron chi connectivity index (χ1n) is 6.99. The molecule has 2 rings (SSSR count). The molecular weight excluding hydrogens is 322 g/mol. The van der Waals surface area contributed by atoms with E-state index in [1.165, 1.54) is 11.8 Å². The van der Waals surface area contributed by atoms with Crippen molar-refractivity contribution in [3.8, 4) is 11.5 Å². The average molecular weight is 340 g/mol. The lowest BCUT2D eigenvalue weighted by molar-refractivity contribution is -0.120. The highest BCUT2D eigenvalue weighted by Crippen LogP contribution is 2.27. The predicted molar refractivity (Wildman–Crippen MR) is 87.9 cm³/mol. The minimum absolute atomic E-state index is 0.0406. The fourth-order valence-electron chi connectivity index (χ4n) is 1.65. The third-order valence-corrected chi connectivity index (χ3v) is 3.98. The number of carbonyl (C=O) groups is 1. The Labute approximate surface area is 138 Å². The second kappa shape index (κ2) is 7.65. The summed E-state index contributed by atoms with van der Waals surface area (Å²) in [6.45, 7) is 6.56. The van der Waals surface area contributed by atoms with Crippen molar-refractivity contribution >= 4 is 29.3 Å². The van der Waals surface area contributed by atoms with Crippen LogP contribution in [0.1, 0.15) is 20.8 Å². The zero-order valence-electron chi connectivity index (χ0n) is 12.7. The van der Waals surface area contributed by atoms with E-state index in [-0.39, 0.29) is 11.2 Å². The van der Waals surface area contributed by atoms with Crippen molar-refractivity contribution in [2.24, 2.45) is 5.92 Å². The Morgan fingerprint density at radius 2 is 2.14 bits per heavy atom. The minimum atomic E-state index is -0.300. The average Bonchev–Trinajstić information content (AvgIpc) is 2.93. The number of amides is 1. The molecule has 0 spiro atoms. The first-order chi connectivity index (χ1) is 10.5. The summed E-state index contributed by atoms with van der Waals surface area (Å²) < 4.78 is 5.57. The highest BCUT2D eigenvalue weighted by molar-refractivity contribution is 8.00. The number of benzene rings is 1. The Morgan fingerprint density at radius 1 is 1.36 bits per heavy atom. The minimum Gasteiger partial charge on any atom is -0.411 e. The summed E-state index contributed by atoms with van der Waals surface area (Å²) >= 11 is 7.18. The van der Waals surface area contributed by atoms with E-state index in [0.29, 0.717) is 28.6 Å². The Hall–Kier alpha value is -1.53. The monoisotopic (exact) mass is 339 g/mol. The largest absolute Gasteiger partial charge is 0.411 e. The van der Waals surface area contributed by atoms with E-state index in [1.54, 1.807) is 12.1 Å². The molecule has 2 aromatic rings. The molecule has 0 aliphatic heterocycles. The second-order valence-electron chi connectivity index (χ2n) is 5.28. The van der Waals surface area contributed by atoms with Crippen molar-refractivity contribution in [3.05, 3.63) is 29.3 Å². The number of thioether (sulfide) groups is 1. The summed E-state index contributed by atoms with van der Waals surface area (Å²) in [4.78, 5) is 11.9. The van der Waals surface area contributed by atoms with E-state index in [2.05, 4.69) is 15.5 Å². The van der Waals surface area contributed by atoms with Crippen LogP contribution in [0.3, 0.4) is 0 Å². The maximum Gasteiger partial charge on any atom is 0.277 e. The van der Waals surface area contributed by atoms with Gasteiger partial charge >= 0.3 is 0 Å². The molecule has 118 valence electrons. The lowest BCUT2D eigenvalue weighted by Gasteiger charge is -2.11. The summed E-state index contributed by atoms with van der Waals surface area (Å²) in [7, 11) is 0. The zero-order valence-corrected chi connectivity index (χ0v) is 14.2. The van der Waals surface area contributed by atoms with Gasteiger partial charge in [-0.15, -0.1) is 10.2 Å². The van der Waals surface area contributed by atoms with Gasteiger partial charge in [0.05, 0.1) is 5.25 Å². The van der Waals surface area contributed by atoms with Crippen LogP contribution in [0.25, 0.3) is 11.5 Å². The van der Waals surface area contributed by atoms with Gasteiger partial charge < -0.3 is 9.73 Å². The van der Waals surface area contributed by atoms with Crippen molar-refractivity contribution in [2.75, 3.05) is 6.54 Å². The smallest absolute Gasteiger partial charge is 0.277 e. The fraction of sp³-hybridized carbons (Fsp3) is 0.400. The molecule has 7 heteroatoms. The number of hydrogen-bond acceptors (Lipinski definition) is 5. The van der Waals surface area contributed by atoms with Crippen LogP contribution in [0.2, 0.25) is 5.02 Å². The van der Waals surface area contributed by atoms with E-state index >= 15 is 0 Å². The van der Waals surface area contributed by atoms with Crippen molar-refractivity contribution in [2.45, 2.75) is 31.2 Å². The maximum atomic E-state index is 11.9. The summed E-state index contributed by atoms with van der Waals surface area (Å²) in [6, 6.07) is 7.18. The van der Waals surface area contributed by atoms with E-state index < -0.39 is 0 Å². The third-order valence-electron chi connectivity index (χ3n) is 2.81. The molecule has 5 nitrogen and oxygen atoms in total. The molecule has 1 N–H and O–H groups in total. The van der Waals surface area contributed by atoms with E-state index in [0.717, 1.165) is 5.56 Å². The van der Waals surface area contributed by atoms with Gasteiger partial charge in [0.2, 0.25) is 11.8 Å². The van der Waals surface area contributed by atoms with Gasteiger partial charge in [0, 0.05) is 17.1 Å². The van der Waals surface area contributed by atoms with Gasteiger partial charge in [-0.3, -0.25) is 4.79 Å². The number of aromatic nitrogens is 2. The first-order valence-corrected chi connectivity index (χ1v) is 8.25. The quantitative estimate of drug-likeness (QED) is 0.814. The molecular formula is C15H18ClN3O2S. The molecule has 0 aliphatic carbocycles. The normalized spacial score (nSPS) is 12.4. The molecule has 0 radical (unpaired) electrons. The van der Waals surface area contributed by atoms with Crippen LogP contribution >= 0.6 is 23.4 Å². The molecule has 1 aromatic carbocycles. The molecule has 1 aromatic heterocycles. The van der Waals surface area contributed by atoms with Crippen LogP contribution in [0.4, 0.5) is 0 Å². The molecule has 0 unspecified atom stereocenters. The van der Waals surface area contributed by atoms with Gasteiger partial charge in [-0.25, -0.2) is 0 Å². The van der Waals surface area contributed by atoms with Crippen LogP contribution in [0.15, 0.2) is 33.9 Å². The molecule has 1 heterocycles. The van der Waals surface area contributed by atoms with Gasteiger partial charge in [-0.2, -0.15) is 0 Å². The number of carbonyl (C=O) groups excluding carboxylic acids is 1. The number of rotatable bonds is 6. The molecule has 0 aliphatic rings. The van der Waals surface area contributed by atoms with Gasteiger partial charge in [-0.05, 0) is 31.0 Å². The maximum absolute atomic E-state index is 11.9. The summed E-state index contributed by atoms with van der Waals surface area (Å²) in [5.74, 6) is 0.764. The SMILES string of the molecule is CC(C)CNC(=O)[C@H](C)Sc1nnc(-c2cccc(Cl)c2)o1. The van der Waals surface area contributed by atoms with E-state index in [9.17, 15) is 4.79 Å². The summed E-state index contributed by atoms with van der Waals surface area (Å²) in [5, 5.41) is 11.5. The topological polar surface area (TPSA) is 68.0 Å². The first kappa shape index (κ1) is 16.8. The molecule has 0 saturated heterocycles. The number of nitrogens with zero attached hydrogens (tertiary/aromatic N) is 2. The highest BCUT2D eigenvalue weighted by Gasteiger charge is 2.18. The number of hydrogen-bond donors (Lipinski definition) is 1. The van der Waals surface area contributed by atoms with Crippen molar-refractivity contribution in [1.82, 2.24) is 15.5 Å². The van der Waals surface area contributed by atoms with Crippen molar-refractivity contribution in [1.29, 1.82) is 0 Å². The number of nitrogens with one attached hydrogen (secondary N) is 1. The molecule has 0 bridgehead atoms. The van der Waals surface area contributed by atoms with E-state index in [4.69, 9.17) is 16.0 Å². The molecule has 1 amide bonds. The Kier molecular flexibility index (Phi) is 5.85. The molecule has 22 heavy (non-hydrogen) atoms. The Morgan fingerprint density at radius 3 is 2.82 bits per heavy atom. The highest BCUT2D eigenvalue weighted by atomic mass is 35.5. The lowest BCUT2D eigenvalue weighted by atomic mass is 10.2. The lowest BCUT2D eigenvalue weighted by Crippen LogP contribution is -2.33. The van der Waals surface area contributed by atoms with Crippen molar-refractivity contribution < 1.29 is 9.21 Å². The molecule has 1 atom stereocenters. The van der Waals surface area contributed by atoms with Crippen LogP contribution < -0.4 is 5.32 Å². The predicted octanol–water partition coefficient (Wildman–Crippen LogP) is 3.64. The van der Waals surface area contributed by atoms with Gasteiger partial charge in [-0.1, -0.05) is 43.3 Å². The Bertz CT molecular complexity index is 645. The van der Waals surface area contributed by atoms with Crippen LogP contribution in [-0.4, -0.2) is 27.9 Å². The van der Waals surface area contributed by atoms with E-state index in [1.807, 2.05) is 32.9 Å². The van der Waals surface area contributed by atoms with Crippen LogP contribution in [0.5, 0.6) is 0 Å². The van der Waals surface area contributed by atoms with Crippen molar-refractivity contribution in [3.63, 3.8) is 0 Å². The van der Waals surface area contributed by atoms with Gasteiger partial charge in [0.25, 0.3) is 5.22 Å². The molecule has 0 saturated carbocycles. The summed E-state index contributed by atoms with van der Waals surface area (Å²) in [6.07, 6.45) is 0. The molecule has 0 fully saturated rings. The van der Waals surface area contributed by atoms with Gasteiger partial charge in [0.1, 0.15) is 0 Å². The third kappa shape index (κ3) is 4.74. The second-order valence-corrected chi connectivity index (χ2v) is 7.01. The summed E-state index contributed by atoms with van der Waals surface area (Å²) in [5.41, 5.74) is 0.753. The zero-order chi connectivity index (χ0) is 16.1. The number of halogens is 1.